The summed E-state index contributed by atoms with van der Waals surface area (Å²) in [6.45, 7) is 3.32. The molecule has 1 saturated heterocycles. The van der Waals surface area contributed by atoms with Crippen LogP contribution in [0.4, 0.5) is 0 Å². The smallest absolute Gasteiger partial charge is 0.223 e. The SMILES string of the molecule is Cl.O=C(NCCO)C1CC=C(c2ccc(OCC3CCNCC3)cc2)CC1. The summed E-state index contributed by atoms with van der Waals surface area (Å²) in [4.78, 5) is 12.0. The van der Waals surface area contributed by atoms with E-state index < -0.39 is 0 Å². The first-order chi connectivity index (χ1) is 12.8. The van der Waals surface area contributed by atoms with Crippen LogP contribution in [0.15, 0.2) is 30.3 Å². The number of benzene rings is 1. The van der Waals surface area contributed by atoms with Crippen LogP contribution in [-0.2, 0) is 4.79 Å². The number of piperidine rings is 1. The summed E-state index contributed by atoms with van der Waals surface area (Å²) in [5, 5.41) is 14.9. The van der Waals surface area contributed by atoms with Crippen molar-refractivity contribution in [2.75, 3.05) is 32.8 Å². The topological polar surface area (TPSA) is 70.6 Å². The molecule has 1 aromatic carbocycles. The summed E-state index contributed by atoms with van der Waals surface area (Å²) in [5.41, 5.74) is 2.52. The van der Waals surface area contributed by atoms with Gasteiger partial charge in [-0.25, -0.2) is 0 Å². The lowest BCUT2D eigenvalue weighted by molar-refractivity contribution is -0.125. The van der Waals surface area contributed by atoms with Crippen molar-refractivity contribution < 1.29 is 14.6 Å². The normalized spacial score (nSPS) is 20.3. The summed E-state index contributed by atoms with van der Waals surface area (Å²) < 4.78 is 5.95. The summed E-state index contributed by atoms with van der Waals surface area (Å²) >= 11 is 0. The Bertz CT molecular complexity index is 612. The van der Waals surface area contributed by atoms with Crippen molar-refractivity contribution in [1.82, 2.24) is 10.6 Å². The molecular formula is C21H31ClN2O3. The first-order valence-corrected chi connectivity index (χ1v) is 9.78. The van der Waals surface area contributed by atoms with Crippen LogP contribution in [0.5, 0.6) is 5.75 Å². The lowest BCUT2D eigenvalue weighted by atomic mass is 9.86. The lowest BCUT2D eigenvalue weighted by Gasteiger charge is -2.23. The summed E-state index contributed by atoms with van der Waals surface area (Å²) in [6, 6.07) is 8.35. The van der Waals surface area contributed by atoms with Crippen molar-refractivity contribution in [2.24, 2.45) is 11.8 Å². The Balaban J connectivity index is 0.00000261. The van der Waals surface area contributed by atoms with Crippen LogP contribution in [0, 0.1) is 11.8 Å². The predicted octanol–water partition coefficient (Wildman–Crippen LogP) is 2.78. The molecule has 3 N–H and O–H groups in total. The highest BCUT2D eigenvalue weighted by Gasteiger charge is 2.21. The molecule has 0 spiro atoms. The molecule has 3 rings (SSSR count). The molecule has 6 heteroatoms. The molecule has 0 saturated carbocycles. The number of aliphatic hydroxyl groups is 1. The van der Waals surface area contributed by atoms with E-state index in [1.54, 1.807) is 0 Å². The van der Waals surface area contributed by atoms with Gasteiger partial charge in [-0.15, -0.1) is 12.4 Å². The molecule has 2 aliphatic rings. The fraction of sp³-hybridized carbons (Fsp3) is 0.571. The first kappa shape index (κ1) is 21.7. The van der Waals surface area contributed by atoms with Crippen LogP contribution < -0.4 is 15.4 Å². The van der Waals surface area contributed by atoms with E-state index in [4.69, 9.17) is 9.84 Å². The molecular weight excluding hydrogens is 364 g/mol. The Labute approximate surface area is 168 Å². The van der Waals surface area contributed by atoms with Gasteiger partial charge in [-0.3, -0.25) is 4.79 Å². The van der Waals surface area contributed by atoms with E-state index in [0.717, 1.165) is 44.7 Å². The molecule has 1 aromatic rings. The van der Waals surface area contributed by atoms with Crippen molar-refractivity contribution in [3.63, 3.8) is 0 Å². The Morgan fingerprint density at radius 3 is 2.56 bits per heavy atom. The van der Waals surface area contributed by atoms with Gasteiger partial charge in [0.05, 0.1) is 13.2 Å². The standard InChI is InChI=1S/C21H30N2O3.ClH/c24-14-13-23-21(25)19-3-1-17(2-4-19)18-5-7-20(8-6-18)26-15-16-9-11-22-12-10-16;/h1,5-8,16,19,22,24H,2-4,9-15H2,(H,23,25);1H. The molecule has 0 aromatic heterocycles. The molecule has 150 valence electrons. The minimum atomic E-state index is -0.00833. The van der Waals surface area contributed by atoms with Crippen LogP contribution in [0.2, 0.25) is 0 Å². The van der Waals surface area contributed by atoms with E-state index in [1.807, 2.05) is 0 Å². The van der Waals surface area contributed by atoms with Crippen molar-refractivity contribution >= 4 is 23.9 Å². The fourth-order valence-electron chi connectivity index (χ4n) is 3.69. The van der Waals surface area contributed by atoms with E-state index >= 15 is 0 Å². The Kier molecular flexibility index (Phi) is 9.11. The molecule has 5 nitrogen and oxygen atoms in total. The van der Waals surface area contributed by atoms with E-state index in [1.165, 1.54) is 24.0 Å². The van der Waals surface area contributed by atoms with Gasteiger partial charge in [0.1, 0.15) is 5.75 Å². The van der Waals surface area contributed by atoms with Gasteiger partial charge >= 0.3 is 0 Å². The van der Waals surface area contributed by atoms with Gasteiger partial charge < -0.3 is 20.5 Å². The first-order valence-electron chi connectivity index (χ1n) is 9.78. The van der Waals surface area contributed by atoms with Crippen LogP contribution in [0.1, 0.15) is 37.7 Å². The molecule has 1 heterocycles. The second-order valence-electron chi connectivity index (χ2n) is 7.24. The molecule has 1 unspecified atom stereocenters. The number of rotatable bonds is 7. The minimum absolute atomic E-state index is 0. The van der Waals surface area contributed by atoms with Crippen LogP contribution >= 0.6 is 12.4 Å². The Hall–Kier alpha value is -1.56. The second kappa shape index (κ2) is 11.3. The third kappa shape index (κ3) is 6.52. The monoisotopic (exact) mass is 394 g/mol. The predicted molar refractivity (Wildman–Crippen MR) is 110 cm³/mol. The zero-order valence-corrected chi connectivity index (χ0v) is 16.6. The average Bonchev–Trinajstić information content (AvgIpc) is 2.72. The van der Waals surface area contributed by atoms with Gasteiger partial charge in [-0.05, 0) is 74.4 Å². The quantitative estimate of drug-likeness (QED) is 0.665. The summed E-state index contributed by atoms with van der Waals surface area (Å²) in [7, 11) is 0. The highest BCUT2D eigenvalue weighted by molar-refractivity contribution is 5.85. The zero-order valence-electron chi connectivity index (χ0n) is 15.8. The van der Waals surface area contributed by atoms with Crippen molar-refractivity contribution in [3.05, 3.63) is 35.9 Å². The number of hydrogen-bond acceptors (Lipinski definition) is 4. The molecule has 1 aliphatic heterocycles. The van der Waals surface area contributed by atoms with E-state index in [2.05, 4.69) is 41.0 Å². The maximum Gasteiger partial charge on any atom is 0.223 e. The summed E-state index contributed by atoms with van der Waals surface area (Å²) in [5.74, 6) is 1.67. The van der Waals surface area contributed by atoms with E-state index in [0.29, 0.717) is 12.5 Å². The number of amides is 1. The fourth-order valence-corrected chi connectivity index (χ4v) is 3.69. The number of aliphatic hydroxyl groups excluding tert-OH is 1. The van der Waals surface area contributed by atoms with E-state index in [-0.39, 0.29) is 30.8 Å². The van der Waals surface area contributed by atoms with Gasteiger partial charge in [0.15, 0.2) is 0 Å². The minimum Gasteiger partial charge on any atom is -0.493 e. The number of halogens is 1. The van der Waals surface area contributed by atoms with Gasteiger partial charge in [0, 0.05) is 12.5 Å². The average molecular weight is 395 g/mol. The maximum absolute atomic E-state index is 12.0. The van der Waals surface area contributed by atoms with Crippen molar-refractivity contribution in [2.45, 2.75) is 32.1 Å². The van der Waals surface area contributed by atoms with Crippen molar-refractivity contribution in [3.8, 4) is 5.75 Å². The van der Waals surface area contributed by atoms with Crippen LogP contribution in [-0.4, -0.2) is 43.9 Å². The highest BCUT2D eigenvalue weighted by atomic mass is 35.5. The number of nitrogens with one attached hydrogen (secondary N) is 2. The highest BCUT2D eigenvalue weighted by Crippen LogP contribution is 2.31. The van der Waals surface area contributed by atoms with Crippen LogP contribution in [0.3, 0.4) is 0 Å². The Morgan fingerprint density at radius 1 is 1.19 bits per heavy atom. The van der Waals surface area contributed by atoms with Crippen LogP contribution in [0.25, 0.3) is 5.57 Å². The molecule has 0 bridgehead atoms. The van der Waals surface area contributed by atoms with E-state index in [9.17, 15) is 4.79 Å². The van der Waals surface area contributed by atoms with Gasteiger partial charge in [0.25, 0.3) is 0 Å². The number of hydrogen-bond donors (Lipinski definition) is 3. The van der Waals surface area contributed by atoms with Crippen molar-refractivity contribution in [1.29, 1.82) is 0 Å². The van der Waals surface area contributed by atoms with Gasteiger partial charge in [0.2, 0.25) is 5.91 Å². The number of carbonyl (C=O) groups is 1. The third-order valence-electron chi connectivity index (χ3n) is 5.36. The molecule has 27 heavy (non-hydrogen) atoms. The van der Waals surface area contributed by atoms with Gasteiger partial charge in [-0.2, -0.15) is 0 Å². The summed E-state index contributed by atoms with van der Waals surface area (Å²) in [6.07, 6.45) is 7.09. The molecule has 0 radical (unpaired) electrons. The third-order valence-corrected chi connectivity index (χ3v) is 5.36. The van der Waals surface area contributed by atoms with Gasteiger partial charge in [-0.1, -0.05) is 18.2 Å². The number of ether oxygens (including phenoxy) is 1. The molecule has 1 atom stereocenters. The molecule has 1 aliphatic carbocycles. The largest absolute Gasteiger partial charge is 0.493 e. The number of allylic oxidation sites excluding steroid dienone is 2. The molecule has 1 fully saturated rings. The second-order valence-corrected chi connectivity index (χ2v) is 7.24. The zero-order chi connectivity index (χ0) is 18.2. The molecule has 1 amide bonds. The Morgan fingerprint density at radius 2 is 1.93 bits per heavy atom. The number of carbonyl (C=O) groups excluding carboxylic acids is 1. The lowest BCUT2D eigenvalue weighted by Crippen LogP contribution is -2.33. The maximum atomic E-state index is 12.0.